The van der Waals surface area contributed by atoms with Crippen LogP contribution in [0.1, 0.15) is 0 Å². The van der Waals surface area contributed by atoms with Crippen molar-refractivity contribution in [2.24, 2.45) is 0 Å². The number of hydrogen-bond acceptors (Lipinski definition) is 16. The first-order valence-electron chi connectivity index (χ1n) is 6.30. The number of hydrogen-bond donors (Lipinski definition) is 6. The molecule has 0 aromatic rings. The maximum absolute atomic E-state index is 12.2. The van der Waals surface area contributed by atoms with Gasteiger partial charge >= 0.3 is 56.9 Å². The van der Waals surface area contributed by atoms with Gasteiger partial charge in [0.05, 0.1) is 0 Å². The second kappa shape index (κ2) is 3.86. The number of carbonyl (C=O) groups is 1. The molecule has 0 aliphatic carbocycles. The zero-order valence-corrected chi connectivity index (χ0v) is 13.4. The van der Waals surface area contributed by atoms with Crippen molar-refractivity contribution in [2.45, 2.75) is 35.1 Å². The molecule has 19 heteroatoms. The van der Waals surface area contributed by atoms with Crippen LogP contribution in [0, 0.1) is 0 Å². The number of fused-ring (bicyclic) bond motifs is 1. The Bertz CT molecular complexity index is 861. The van der Waals surface area contributed by atoms with Gasteiger partial charge in [-0.05, 0) is 0 Å². The van der Waals surface area contributed by atoms with Gasteiger partial charge in [0.1, 0.15) is 0 Å². The Balaban J connectivity index is 1.79. The molecule has 6 aliphatic heterocycles. The molecule has 6 N–H and O–H groups in total. The molecule has 4 bridgehead atoms. The van der Waals surface area contributed by atoms with Crippen molar-refractivity contribution in [3.8, 4) is 0 Å². The van der Waals surface area contributed by atoms with Gasteiger partial charge in [-0.15, -0.1) is 0 Å². The van der Waals surface area contributed by atoms with Crippen LogP contribution in [0.15, 0.2) is 0 Å². The lowest BCUT2D eigenvalue weighted by molar-refractivity contribution is -0.669. The lowest BCUT2D eigenvalue weighted by Crippen LogP contribution is -2.94. The van der Waals surface area contributed by atoms with Crippen LogP contribution in [0.2, 0.25) is 0 Å². The van der Waals surface area contributed by atoms with Crippen molar-refractivity contribution in [1.29, 1.82) is 0 Å². The summed E-state index contributed by atoms with van der Waals surface area (Å²) < 4.78 is 59.0. The van der Waals surface area contributed by atoms with E-state index in [0.29, 0.717) is 0 Å². The molecule has 17 nitrogen and oxygen atoms in total. The molecule has 6 atom stereocenters. The van der Waals surface area contributed by atoms with Crippen LogP contribution >= 0.6 is 15.6 Å². The Kier molecular flexibility index (Phi) is 2.58. The first-order chi connectivity index (χ1) is 11.6. The average molecular weight is 424 g/mol. The average Bonchev–Trinajstić information content (AvgIpc) is 2.74. The highest BCUT2D eigenvalue weighted by Gasteiger charge is 3.04. The van der Waals surface area contributed by atoms with Crippen LogP contribution in [-0.2, 0) is 45.7 Å². The van der Waals surface area contributed by atoms with Crippen LogP contribution < -0.4 is 0 Å². The normalized spacial score (nSPS) is 67.4. The van der Waals surface area contributed by atoms with Crippen LogP contribution in [0.25, 0.3) is 0 Å². The molecule has 6 saturated heterocycles. The van der Waals surface area contributed by atoms with E-state index < -0.39 is 56.9 Å². The zero-order valence-electron chi connectivity index (χ0n) is 11.6. The molecule has 0 aromatic carbocycles. The summed E-state index contributed by atoms with van der Waals surface area (Å²) in [6.45, 7) is 0. The quantitative estimate of drug-likeness (QED) is 0.183. The highest BCUT2D eigenvalue weighted by Crippen LogP contribution is 2.85. The maximum atomic E-state index is 12.2. The molecule has 2 unspecified atom stereocenters. The third kappa shape index (κ3) is 1.38. The van der Waals surface area contributed by atoms with E-state index in [1.165, 1.54) is 0 Å². The fraction of sp³-hybridized carbons (Fsp3) is 0.857. The lowest BCUT2D eigenvalue weighted by atomic mass is 9.83. The molecular formula is C7H6O17P2. The van der Waals surface area contributed by atoms with E-state index in [4.69, 9.17) is 5.11 Å². The molecular weight excluding hydrogens is 418 g/mol. The number of aliphatic hydroxyl groups is 5. The van der Waals surface area contributed by atoms with Crippen LogP contribution in [0.4, 0.5) is 4.79 Å². The molecule has 26 heavy (non-hydrogen) atoms. The fourth-order valence-electron chi connectivity index (χ4n) is 3.11. The van der Waals surface area contributed by atoms with Gasteiger partial charge in [-0.2, -0.15) is 0 Å². The van der Waals surface area contributed by atoms with Gasteiger partial charge in [0.2, 0.25) is 0 Å². The van der Waals surface area contributed by atoms with Gasteiger partial charge in [0.25, 0.3) is 0 Å². The molecule has 6 aliphatic rings. The molecule has 0 amide bonds. The second-order valence-corrected chi connectivity index (χ2v) is 8.51. The maximum Gasteiger partial charge on any atom is 0.510 e. The summed E-state index contributed by atoms with van der Waals surface area (Å²) in [4.78, 5) is 10.9. The van der Waals surface area contributed by atoms with E-state index in [-0.39, 0.29) is 0 Å². The predicted molar refractivity (Wildman–Crippen MR) is 59.4 cm³/mol. The minimum atomic E-state index is -5.11. The molecule has 6 heterocycles. The molecule has 0 saturated carbocycles. The van der Waals surface area contributed by atoms with Crippen molar-refractivity contribution in [2.75, 3.05) is 0 Å². The number of phosphoric ester groups is 2. The first kappa shape index (κ1) is 17.4. The lowest BCUT2D eigenvalue weighted by Gasteiger charge is -2.66. The third-order valence-corrected chi connectivity index (χ3v) is 7.03. The Labute approximate surface area is 139 Å². The van der Waals surface area contributed by atoms with Crippen molar-refractivity contribution in [1.82, 2.24) is 0 Å². The van der Waals surface area contributed by atoms with Gasteiger partial charge in [0, 0.05) is 0 Å². The second-order valence-electron chi connectivity index (χ2n) is 5.63. The van der Waals surface area contributed by atoms with Crippen LogP contribution in [0.3, 0.4) is 0 Å². The van der Waals surface area contributed by atoms with Gasteiger partial charge < -0.3 is 35.4 Å². The van der Waals surface area contributed by atoms with Crippen molar-refractivity contribution < 1.29 is 81.2 Å². The van der Waals surface area contributed by atoms with E-state index in [0.717, 1.165) is 0 Å². The summed E-state index contributed by atoms with van der Waals surface area (Å²) in [7, 11) is -9.95. The number of carboxylic acid groups (broad SMARTS) is 1. The zero-order chi connectivity index (χ0) is 19.2. The Morgan fingerprint density at radius 1 is 0.731 bits per heavy atom. The molecule has 146 valence electrons. The Morgan fingerprint density at radius 3 is 1.69 bits per heavy atom. The van der Waals surface area contributed by atoms with E-state index in [9.17, 15) is 39.5 Å². The molecule has 6 fully saturated rings. The molecule has 0 radical (unpaired) electrons. The molecule has 0 spiro atoms. The number of rotatable bonds is 1. The van der Waals surface area contributed by atoms with E-state index >= 15 is 0 Å². The standard InChI is InChI=1S/C7H6O17P2/c8-1(9)17-7-5(13)3(11,20-25(15,21-5)24-7)2(10)4(12,18-7)6(14)22-26(16,19-2)23-6/h10-14H,(H,8,9)/t2-,3+,4+,5+,6?,7?,25?,26?/m0/s1. The summed E-state index contributed by atoms with van der Waals surface area (Å²) >= 11 is 0. The molecule has 6 rings (SSSR count). The summed E-state index contributed by atoms with van der Waals surface area (Å²) in [5, 5.41) is 61.1. The summed E-state index contributed by atoms with van der Waals surface area (Å²) in [5.74, 6) is -23.0. The van der Waals surface area contributed by atoms with Crippen molar-refractivity contribution in [3.05, 3.63) is 0 Å². The third-order valence-electron chi connectivity index (χ3n) is 4.16. The van der Waals surface area contributed by atoms with E-state index in [1.807, 2.05) is 0 Å². The van der Waals surface area contributed by atoms with Crippen LogP contribution in [-0.4, -0.2) is 71.9 Å². The number of ether oxygens (including phenoxy) is 2. The van der Waals surface area contributed by atoms with Gasteiger partial charge in [-0.1, -0.05) is 0 Å². The number of phosphoric acid groups is 2. The largest absolute Gasteiger partial charge is 0.510 e. The highest BCUT2D eigenvalue weighted by molar-refractivity contribution is 7.50. The Morgan fingerprint density at radius 2 is 1.19 bits per heavy atom. The minimum Gasteiger partial charge on any atom is -0.450 e. The minimum absolute atomic E-state index is 2.30. The SMILES string of the molecule is O=C(O)OC12O[C@@]3(O)C4(O)OP(=O)(O4)O[C@@]3(O)[C@@]3(O)OP(=O)(O1)O[C@@]23O. The van der Waals surface area contributed by atoms with Gasteiger partial charge in [-0.25, -0.2) is 41.1 Å². The summed E-state index contributed by atoms with van der Waals surface area (Å²) in [6, 6.07) is 0. The summed E-state index contributed by atoms with van der Waals surface area (Å²) in [5.41, 5.74) is 0. The van der Waals surface area contributed by atoms with Crippen molar-refractivity contribution >= 4 is 21.8 Å². The van der Waals surface area contributed by atoms with Gasteiger partial charge in [-0.3, -0.25) is 4.74 Å². The molecule has 0 aromatic heterocycles. The van der Waals surface area contributed by atoms with Crippen LogP contribution in [0.5, 0.6) is 0 Å². The van der Waals surface area contributed by atoms with Gasteiger partial charge in [0.15, 0.2) is 0 Å². The fourth-order valence-corrected chi connectivity index (χ4v) is 6.35. The van der Waals surface area contributed by atoms with E-state index in [2.05, 4.69) is 36.6 Å². The first-order valence-corrected chi connectivity index (χ1v) is 9.22. The monoisotopic (exact) mass is 424 g/mol. The topological polar surface area (TPSA) is 246 Å². The summed E-state index contributed by atoms with van der Waals surface area (Å²) in [6.07, 6.45) is -2.30. The Hall–Kier alpha value is -0.750. The predicted octanol–water partition coefficient (Wildman–Crippen LogP) is -2.86. The highest BCUT2D eigenvalue weighted by atomic mass is 31.2. The van der Waals surface area contributed by atoms with E-state index in [1.54, 1.807) is 0 Å². The van der Waals surface area contributed by atoms with Crippen molar-refractivity contribution in [3.63, 3.8) is 0 Å². The smallest absolute Gasteiger partial charge is 0.450 e.